The van der Waals surface area contributed by atoms with Gasteiger partial charge in [-0.05, 0) is 20.3 Å². The predicted molar refractivity (Wildman–Crippen MR) is 54.0 cm³/mol. The van der Waals surface area contributed by atoms with Crippen molar-refractivity contribution in [2.45, 2.75) is 32.5 Å². The molecule has 0 radical (unpaired) electrons. The molecule has 80 valence electrons. The van der Waals surface area contributed by atoms with Crippen LogP contribution in [-0.2, 0) is 0 Å². The molecule has 2 atom stereocenters. The number of allylic oxidation sites excluding steroid dienone is 1. The number of nitrogens with zero attached hydrogens (tertiary/aromatic N) is 2. The highest BCUT2D eigenvalue weighted by molar-refractivity contribution is 4.92. The first kappa shape index (κ1) is 11.1. The van der Waals surface area contributed by atoms with Gasteiger partial charge >= 0.3 is 0 Å². The average molecular weight is 199 g/mol. The minimum atomic E-state index is -0.579. The van der Waals surface area contributed by atoms with Crippen molar-refractivity contribution in [2.75, 3.05) is 6.54 Å². The van der Waals surface area contributed by atoms with Crippen LogP contribution >= 0.6 is 0 Å². The van der Waals surface area contributed by atoms with E-state index in [0.29, 0.717) is 6.54 Å². The largest absolute Gasteiger partial charge is 0.378 e. The molecule has 0 aliphatic carbocycles. The molecular formula is C9H17N3O2. The Morgan fingerprint density at radius 2 is 2.36 bits per heavy atom. The summed E-state index contributed by atoms with van der Waals surface area (Å²) in [5.41, 5.74) is 0. The zero-order valence-corrected chi connectivity index (χ0v) is 8.55. The predicted octanol–water partition coefficient (Wildman–Crippen LogP) is 0.820. The average Bonchev–Trinajstić information content (AvgIpc) is 2.17. The van der Waals surface area contributed by atoms with Crippen LogP contribution in [0.2, 0.25) is 0 Å². The van der Waals surface area contributed by atoms with E-state index in [1.807, 2.05) is 19.9 Å². The third-order valence-electron chi connectivity index (χ3n) is 2.19. The molecule has 1 aliphatic heterocycles. The molecule has 0 aromatic heterocycles. The summed E-state index contributed by atoms with van der Waals surface area (Å²) < 4.78 is 0. The highest BCUT2D eigenvalue weighted by Gasteiger charge is 2.23. The first-order valence-electron chi connectivity index (χ1n) is 4.84. The Morgan fingerprint density at radius 1 is 1.64 bits per heavy atom. The summed E-state index contributed by atoms with van der Waals surface area (Å²) in [5.74, 6) is 0.0279. The first-order valence-corrected chi connectivity index (χ1v) is 4.84. The number of aliphatic hydroxyl groups is 1. The molecule has 0 spiro atoms. The van der Waals surface area contributed by atoms with Crippen molar-refractivity contribution in [1.29, 1.82) is 0 Å². The smallest absolute Gasteiger partial charge is 0.110 e. The molecule has 1 rings (SSSR count). The number of hydrogen-bond donors (Lipinski definition) is 2. The molecule has 0 saturated carbocycles. The fourth-order valence-electron chi connectivity index (χ4n) is 1.50. The van der Waals surface area contributed by atoms with E-state index in [2.05, 4.69) is 10.6 Å². The minimum Gasteiger partial charge on any atom is -0.378 e. The summed E-state index contributed by atoms with van der Waals surface area (Å²) >= 11 is 0. The third kappa shape index (κ3) is 3.08. The van der Waals surface area contributed by atoms with Gasteiger partial charge < -0.3 is 5.11 Å². The molecule has 2 unspecified atom stereocenters. The first-order chi connectivity index (χ1) is 6.63. The van der Waals surface area contributed by atoms with Crippen LogP contribution in [0, 0.1) is 10.8 Å². The minimum absolute atomic E-state index is 0.0279. The molecule has 1 aliphatic rings. The molecule has 1 heterocycles. The van der Waals surface area contributed by atoms with Gasteiger partial charge in [-0.2, -0.15) is 0 Å². The third-order valence-corrected chi connectivity index (χ3v) is 2.19. The van der Waals surface area contributed by atoms with E-state index >= 15 is 0 Å². The topological polar surface area (TPSA) is 64.9 Å². The summed E-state index contributed by atoms with van der Waals surface area (Å²) in [5, 5.41) is 16.9. The molecule has 2 N–H and O–H groups in total. The molecule has 5 heteroatoms. The van der Waals surface area contributed by atoms with Gasteiger partial charge in [0.15, 0.2) is 0 Å². The van der Waals surface area contributed by atoms with Crippen LogP contribution in [0.4, 0.5) is 0 Å². The summed E-state index contributed by atoms with van der Waals surface area (Å²) in [6, 6.07) is 0.230. The van der Waals surface area contributed by atoms with Crippen molar-refractivity contribution in [2.24, 2.45) is 11.2 Å². The van der Waals surface area contributed by atoms with Gasteiger partial charge in [-0.15, -0.1) is 4.91 Å². The lowest BCUT2D eigenvalue weighted by molar-refractivity contribution is 0.0500. The molecule has 0 amide bonds. The molecule has 0 bridgehead atoms. The van der Waals surface area contributed by atoms with Gasteiger partial charge in [-0.25, -0.2) is 5.01 Å². The zero-order valence-electron chi connectivity index (χ0n) is 8.55. The lowest BCUT2D eigenvalue weighted by Gasteiger charge is -2.29. The van der Waals surface area contributed by atoms with Crippen molar-refractivity contribution >= 4 is 0 Å². The molecular weight excluding hydrogens is 182 g/mol. The monoisotopic (exact) mass is 199 g/mol. The summed E-state index contributed by atoms with van der Waals surface area (Å²) in [7, 11) is 0. The molecule has 0 saturated heterocycles. The molecule has 0 aromatic rings. The molecule has 5 nitrogen and oxygen atoms in total. The second-order valence-electron chi connectivity index (χ2n) is 3.85. The highest BCUT2D eigenvalue weighted by Crippen LogP contribution is 2.16. The van der Waals surface area contributed by atoms with Gasteiger partial charge in [0.1, 0.15) is 6.23 Å². The van der Waals surface area contributed by atoms with Crippen molar-refractivity contribution < 1.29 is 5.11 Å². The summed E-state index contributed by atoms with van der Waals surface area (Å²) in [6.07, 6.45) is 3.68. The Balaban J connectivity index is 2.45. The summed E-state index contributed by atoms with van der Waals surface area (Å²) in [6.45, 7) is 4.41. The maximum absolute atomic E-state index is 10.3. The fraction of sp³-hybridized carbons (Fsp3) is 0.778. The maximum Gasteiger partial charge on any atom is 0.110 e. The van der Waals surface area contributed by atoms with Crippen molar-refractivity contribution in [3.63, 3.8) is 0 Å². The Labute approximate surface area is 83.7 Å². The Bertz CT molecular complexity index is 218. The van der Waals surface area contributed by atoms with Crippen molar-refractivity contribution in [3.05, 3.63) is 17.2 Å². The van der Waals surface area contributed by atoms with Crippen LogP contribution in [-0.4, -0.2) is 28.9 Å². The molecule has 0 fully saturated rings. The van der Waals surface area contributed by atoms with Gasteiger partial charge in [-0.3, -0.25) is 5.32 Å². The van der Waals surface area contributed by atoms with Crippen LogP contribution in [0.1, 0.15) is 20.3 Å². The van der Waals surface area contributed by atoms with E-state index in [9.17, 15) is 10.0 Å². The lowest BCUT2D eigenvalue weighted by atomic mass is 10.0. The van der Waals surface area contributed by atoms with Crippen LogP contribution < -0.4 is 5.32 Å². The number of nitrogens with one attached hydrogen (secondary N) is 1. The van der Waals surface area contributed by atoms with Crippen LogP contribution in [0.25, 0.3) is 0 Å². The fourth-order valence-corrected chi connectivity index (χ4v) is 1.50. The van der Waals surface area contributed by atoms with E-state index in [1.54, 1.807) is 6.20 Å². The van der Waals surface area contributed by atoms with E-state index in [-0.39, 0.29) is 12.0 Å². The van der Waals surface area contributed by atoms with Gasteiger partial charge in [-0.1, -0.05) is 6.08 Å². The van der Waals surface area contributed by atoms with Crippen LogP contribution in [0.3, 0.4) is 0 Å². The van der Waals surface area contributed by atoms with Crippen molar-refractivity contribution in [3.8, 4) is 0 Å². The molecule has 0 aromatic carbocycles. The lowest BCUT2D eigenvalue weighted by Crippen LogP contribution is -2.44. The second-order valence-corrected chi connectivity index (χ2v) is 3.85. The number of hydrogen-bond acceptors (Lipinski definition) is 4. The zero-order chi connectivity index (χ0) is 10.6. The summed E-state index contributed by atoms with van der Waals surface area (Å²) in [4.78, 5) is 10.3. The normalized spacial score (nSPS) is 24.0. The van der Waals surface area contributed by atoms with E-state index < -0.39 is 6.23 Å². The van der Waals surface area contributed by atoms with Gasteiger partial charge in [0.2, 0.25) is 0 Å². The SMILES string of the molecule is CC(C)NC(O)C1CC=CN(N=O)C1. The van der Waals surface area contributed by atoms with E-state index in [4.69, 9.17) is 0 Å². The van der Waals surface area contributed by atoms with Crippen LogP contribution in [0.15, 0.2) is 17.6 Å². The number of aliphatic hydroxyl groups excluding tert-OH is 1. The Hall–Kier alpha value is -0.940. The molecule has 14 heavy (non-hydrogen) atoms. The standard InChI is InChI=1S/C9H17N3O2/c1-7(2)10-9(13)8-4-3-5-12(6-8)11-14/h3,5,7-10,13H,4,6H2,1-2H3. The second kappa shape index (κ2) is 5.07. The van der Waals surface area contributed by atoms with Gasteiger partial charge in [0, 0.05) is 18.2 Å². The number of rotatable bonds is 4. The maximum atomic E-state index is 10.3. The van der Waals surface area contributed by atoms with E-state index in [1.165, 1.54) is 5.01 Å². The van der Waals surface area contributed by atoms with Crippen LogP contribution in [0.5, 0.6) is 0 Å². The van der Waals surface area contributed by atoms with Gasteiger partial charge in [0.05, 0.1) is 11.8 Å². The quantitative estimate of drug-likeness (QED) is 0.519. The number of nitroso groups, excluding NO2 is 1. The van der Waals surface area contributed by atoms with E-state index in [0.717, 1.165) is 6.42 Å². The Morgan fingerprint density at radius 3 is 2.93 bits per heavy atom. The Kier molecular flexibility index (Phi) is 4.03. The van der Waals surface area contributed by atoms with Crippen molar-refractivity contribution in [1.82, 2.24) is 10.3 Å². The van der Waals surface area contributed by atoms with Gasteiger partial charge in [0.25, 0.3) is 0 Å². The highest BCUT2D eigenvalue weighted by atomic mass is 16.3.